The van der Waals surface area contributed by atoms with Crippen molar-refractivity contribution in [3.8, 4) is 0 Å². The number of hydrogen-bond donors (Lipinski definition) is 1. The van der Waals surface area contributed by atoms with Gasteiger partial charge >= 0.3 is 6.03 Å². The van der Waals surface area contributed by atoms with Gasteiger partial charge in [-0.3, -0.25) is 4.90 Å². The molecule has 3 aromatic rings. The van der Waals surface area contributed by atoms with E-state index in [9.17, 15) is 4.79 Å². The SMILES string of the molecule is O=C(Nc1ccc2c(ccn2CCN2CCOCC2)c1)N1CCc2ccccc2C1. The zero-order valence-electron chi connectivity index (χ0n) is 17.2. The number of aromatic nitrogens is 1. The van der Waals surface area contributed by atoms with Gasteiger partial charge in [-0.2, -0.15) is 0 Å². The number of ether oxygens (including phenoxy) is 1. The molecule has 0 unspecified atom stereocenters. The lowest BCUT2D eigenvalue weighted by Crippen LogP contribution is -2.38. The number of fused-ring (bicyclic) bond motifs is 2. The zero-order chi connectivity index (χ0) is 20.3. The van der Waals surface area contributed by atoms with Crippen molar-refractivity contribution in [1.82, 2.24) is 14.4 Å². The Kier molecular flexibility index (Phi) is 5.43. The van der Waals surface area contributed by atoms with Gasteiger partial charge in [-0.05, 0) is 41.8 Å². The number of nitrogens with zero attached hydrogens (tertiary/aromatic N) is 3. The van der Waals surface area contributed by atoms with Crippen LogP contribution in [0.25, 0.3) is 10.9 Å². The van der Waals surface area contributed by atoms with Crippen LogP contribution >= 0.6 is 0 Å². The lowest BCUT2D eigenvalue weighted by atomic mass is 10.0. The van der Waals surface area contributed by atoms with Crippen molar-refractivity contribution in [3.63, 3.8) is 0 Å². The normalized spacial score (nSPS) is 17.1. The van der Waals surface area contributed by atoms with Crippen molar-refractivity contribution < 1.29 is 9.53 Å². The van der Waals surface area contributed by atoms with Crippen molar-refractivity contribution in [2.75, 3.05) is 44.7 Å². The number of nitrogens with one attached hydrogen (secondary N) is 1. The van der Waals surface area contributed by atoms with E-state index >= 15 is 0 Å². The molecule has 0 aliphatic carbocycles. The predicted octanol–water partition coefficient (Wildman–Crippen LogP) is 3.56. The number of urea groups is 1. The monoisotopic (exact) mass is 404 g/mol. The van der Waals surface area contributed by atoms with Crippen LogP contribution in [0.15, 0.2) is 54.7 Å². The topological polar surface area (TPSA) is 49.7 Å². The first-order valence-electron chi connectivity index (χ1n) is 10.8. The van der Waals surface area contributed by atoms with Crippen LogP contribution in [0.2, 0.25) is 0 Å². The van der Waals surface area contributed by atoms with Crippen molar-refractivity contribution >= 4 is 22.6 Å². The lowest BCUT2D eigenvalue weighted by molar-refractivity contribution is 0.0365. The highest BCUT2D eigenvalue weighted by Crippen LogP contribution is 2.23. The van der Waals surface area contributed by atoms with E-state index in [-0.39, 0.29) is 6.03 Å². The Balaban J connectivity index is 1.23. The Labute approximate surface area is 177 Å². The first-order valence-corrected chi connectivity index (χ1v) is 10.8. The summed E-state index contributed by atoms with van der Waals surface area (Å²) in [7, 11) is 0. The van der Waals surface area contributed by atoms with E-state index in [0.717, 1.165) is 63.4 Å². The van der Waals surface area contributed by atoms with Gasteiger partial charge in [0.05, 0.1) is 13.2 Å². The number of hydrogen-bond acceptors (Lipinski definition) is 3. The molecule has 30 heavy (non-hydrogen) atoms. The van der Waals surface area contributed by atoms with Crippen LogP contribution < -0.4 is 5.32 Å². The highest BCUT2D eigenvalue weighted by Gasteiger charge is 2.20. The van der Waals surface area contributed by atoms with Gasteiger partial charge in [-0.15, -0.1) is 0 Å². The summed E-state index contributed by atoms with van der Waals surface area (Å²) in [6.07, 6.45) is 3.05. The van der Waals surface area contributed by atoms with Gasteiger partial charge in [0.2, 0.25) is 0 Å². The highest BCUT2D eigenvalue weighted by molar-refractivity contribution is 5.93. The van der Waals surface area contributed by atoms with E-state index in [2.05, 4.69) is 57.4 Å². The molecule has 3 heterocycles. The molecule has 6 heteroatoms. The van der Waals surface area contributed by atoms with E-state index in [1.807, 2.05) is 17.0 Å². The molecule has 0 bridgehead atoms. The van der Waals surface area contributed by atoms with E-state index in [0.29, 0.717) is 6.54 Å². The maximum Gasteiger partial charge on any atom is 0.322 e. The first kappa shape index (κ1) is 19.2. The van der Waals surface area contributed by atoms with Crippen molar-refractivity contribution in [1.29, 1.82) is 0 Å². The third kappa shape index (κ3) is 4.06. The molecule has 6 nitrogen and oxygen atoms in total. The van der Waals surface area contributed by atoms with Crippen LogP contribution in [0.4, 0.5) is 10.5 Å². The van der Waals surface area contributed by atoms with Crippen LogP contribution in [0.3, 0.4) is 0 Å². The van der Waals surface area contributed by atoms with Gasteiger partial charge in [-0.25, -0.2) is 4.79 Å². The number of carbonyl (C=O) groups is 1. The molecular weight excluding hydrogens is 376 g/mol. The third-order valence-electron chi connectivity index (χ3n) is 6.20. The Morgan fingerprint density at radius 1 is 0.967 bits per heavy atom. The quantitative estimate of drug-likeness (QED) is 0.723. The Morgan fingerprint density at radius 3 is 2.67 bits per heavy atom. The van der Waals surface area contributed by atoms with Crippen molar-refractivity contribution in [3.05, 3.63) is 65.9 Å². The number of morpholine rings is 1. The molecule has 2 amide bonds. The Hall–Kier alpha value is -2.83. The van der Waals surface area contributed by atoms with E-state index < -0.39 is 0 Å². The number of benzene rings is 2. The molecule has 2 aliphatic heterocycles. The summed E-state index contributed by atoms with van der Waals surface area (Å²) >= 11 is 0. The van der Waals surface area contributed by atoms with Crippen LogP contribution in [-0.2, 0) is 24.2 Å². The summed E-state index contributed by atoms with van der Waals surface area (Å²) < 4.78 is 7.72. The number of carbonyl (C=O) groups excluding carboxylic acids is 1. The molecule has 2 aliphatic rings. The van der Waals surface area contributed by atoms with Crippen LogP contribution in [0.1, 0.15) is 11.1 Å². The number of amides is 2. The molecule has 5 rings (SSSR count). The first-order chi connectivity index (χ1) is 14.8. The molecule has 1 N–H and O–H groups in total. The fourth-order valence-electron chi connectivity index (χ4n) is 4.42. The van der Waals surface area contributed by atoms with Gasteiger partial charge in [0, 0.05) is 62.1 Å². The standard InChI is InChI=1S/C24H28N4O2/c29-24(28-10-7-19-3-1-2-4-21(19)18-28)25-22-5-6-23-20(17-22)8-9-27(23)12-11-26-13-15-30-16-14-26/h1-6,8-9,17H,7,10-16,18H2,(H,25,29). The lowest BCUT2D eigenvalue weighted by Gasteiger charge is -2.29. The summed E-state index contributed by atoms with van der Waals surface area (Å²) in [4.78, 5) is 17.1. The third-order valence-corrected chi connectivity index (χ3v) is 6.20. The average molecular weight is 405 g/mol. The number of rotatable bonds is 4. The Morgan fingerprint density at radius 2 is 1.80 bits per heavy atom. The highest BCUT2D eigenvalue weighted by atomic mass is 16.5. The molecular formula is C24H28N4O2. The Bertz CT molecular complexity index is 1040. The number of anilines is 1. The zero-order valence-corrected chi connectivity index (χ0v) is 17.2. The molecule has 1 saturated heterocycles. The average Bonchev–Trinajstić information content (AvgIpc) is 3.20. The molecule has 0 saturated carbocycles. The maximum absolute atomic E-state index is 12.8. The molecule has 1 aromatic heterocycles. The smallest absolute Gasteiger partial charge is 0.322 e. The predicted molar refractivity (Wildman–Crippen MR) is 119 cm³/mol. The second kappa shape index (κ2) is 8.50. The molecule has 0 radical (unpaired) electrons. The van der Waals surface area contributed by atoms with Gasteiger partial charge < -0.3 is 19.5 Å². The minimum Gasteiger partial charge on any atom is -0.379 e. The molecule has 1 fully saturated rings. The van der Waals surface area contributed by atoms with E-state index in [1.165, 1.54) is 16.6 Å². The van der Waals surface area contributed by atoms with Crippen LogP contribution in [-0.4, -0.2) is 59.8 Å². The largest absolute Gasteiger partial charge is 0.379 e. The second-order valence-electron chi connectivity index (χ2n) is 8.11. The van der Waals surface area contributed by atoms with Gasteiger partial charge in [0.1, 0.15) is 0 Å². The van der Waals surface area contributed by atoms with E-state index in [1.54, 1.807) is 0 Å². The molecule has 156 valence electrons. The summed E-state index contributed by atoms with van der Waals surface area (Å²) in [5.74, 6) is 0. The maximum atomic E-state index is 12.8. The fraction of sp³-hybridized carbons (Fsp3) is 0.375. The molecule has 2 aromatic carbocycles. The summed E-state index contributed by atoms with van der Waals surface area (Å²) in [5.41, 5.74) is 4.64. The van der Waals surface area contributed by atoms with Crippen LogP contribution in [0.5, 0.6) is 0 Å². The fourth-order valence-corrected chi connectivity index (χ4v) is 4.42. The van der Waals surface area contributed by atoms with E-state index in [4.69, 9.17) is 4.74 Å². The van der Waals surface area contributed by atoms with Gasteiger partial charge in [-0.1, -0.05) is 24.3 Å². The van der Waals surface area contributed by atoms with Gasteiger partial charge in [0.15, 0.2) is 0 Å². The van der Waals surface area contributed by atoms with Crippen LogP contribution in [0, 0.1) is 0 Å². The summed E-state index contributed by atoms with van der Waals surface area (Å²) in [5, 5.41) is 4.23. The minimum absolute atomic E-state index is 0.0318. The minimum atomic E-state index is -0.0318. The summed E-state index contributed by atoms with van der Waals surface area (Å²) in [6, 6.07) is 16.6. The molecule has 0 atom stereocenters. The second-order valence-corrected chi connectivity index (χ2v) is 8.11. The van der Waals surface area contributed by atoms with Crippen molar-refractivity contribution in [2.24, 2.45) is 0 Å². The van der Waals surface area contributed by atoms with Gasteiger partial charge in [0.25, 0.3) is 0 Å². The molecule has 0 spiro atoms. The van der Waals surface area contributed by atoms with Crippen molar-refractivity contribution in [2.45, 2.75) is 19.5 Å². The summed E-state index contributed by atoms with van der Waals surface area (Å²) in [6.45, 7) is 7.10.